The zero-order valence-corrected chi connectivity index (χ0v) is 11.8. The van der Waals surface area contributed by atoms with Crippen molar-refractivity contribution in [3.63, 3.8) is 0 Å². The lowest BCUT2D eigenvalue weighted by molar-refractivity contribution is 0.515. The molecule has 0 radical (unpaired) electrons. The molecule has 0 spiro atoms. The molecule has 2 heterocycles. The van der Waals surface area contributed by atoms with E-state index in [0.29, 0.717) is 11.0 Å². The number of nitrogens with one attached hydrogen (secondary N) is 2. The maximum atomic E-state index is 9.13. The zero-order chi connectivity index (χ0) is 16.1. The monoisotopic (exact) mass is 302 g/mol. The molecule has 0 amide bonds. The van der Waals surface area contributed by atoms with Crippen LogP contribution in [0.3, 0.4) is 0 Å². The van der Waals surface area contributed by atoms with Crippen molar-refractivity contribution in [2.75, 3.05) is 5.73 Å². The second kappa shape index (κ2) is 4.45. The van der Waals surface area contributed by atoms with Crippen LogP contribution in [0, 0.1) is 22.1 Å². The number of hydrogen-bond acceptors (Lipinski definition) is 6. The summed E-state index contributed by atoms with van der Waals surface area (Å²) in [5.41, 5.74) is 6.15. The molecule has 0 saturated carbocycles. The predicted molar refractivity (Wildman–Crippen MR) is 84.3 cm³/mol. The number of nitrogens with zero attached hydrogens (tertiary/aromatic N) is 1. The van der Waals surface area contributed by atoms with Crippen LogP contribution in [-0.4, -0.2) is 0 Å². The van der Waals surface area contributed by atoms with Crippen LogP contribution in [0.5, 0.6) is 0 Å². The van der Waals surface area contributed by atoms with Gasteiger partial charge in [-0.3, -0.25) is 10.8 Å². The highest BCUT2D eigenvalue weighted by atomic mass is 16.4. The van der Waals surface area contributed by atoms with E-state index in [0.717, 1.165) is 10.8 Å². The van der Waals surface area contributed by atoms with Gasteiger partial charge in [0.2, 0.25) is 11.1 Å². The van der Waals surface area contributed by atoms with Gasteiger partial charge in [-0.1, -0.05) is 30.3 Å². The fraction of sp³-hybridized carbons (Fsp3) is 0. The van der Waals surface area contributed by atoms with E-state index in [1.807, 2.05) is 36.4 Å². The van der Waals surface area contributed by atoms with Crippen molar-refractivity contribution in [2.24, 2.45) is 0 Å². The number of nitriles is 1. The summed E-state index contributed by atoms with van der Waals surface area (Å²) in [5, 5.41) is 27.8. The molecule has 0 unspecified atom stereocenters. The summed E-state index contributed by atoms with van der Waals surface area (Å²) in [4.78, 5) is 0. The van der Waals surface area contributed by atoms with Crippen LogP contribution in [0.2, 0.25) is 0 Å². The molecule has 0 bridgehead atoms. The second-order valence-electron chi connectivity index (χ2n) is 5.13. The molecule has 0 aliphatic rings. The van der Waals surface area contributed by atoms with Crippen molar-refractivity contribution in [2.45, 2.75) is 0 Å². The normalized spacial score (nSPS) is 11.1. The molecule has 110 valence electrons. The summed E-state index contributed by atoms with van der Waals surface area (Å²) in [5.74, 6) is 0. The van der Waals surface area contributed by atoms with Gasteiger partial charge in [0.15, 0.2) is 5.58 Å². The summed E-state index contributed by atoms with van der Waals surface area (Å²) in [6.45, 7) is 0. The number of rotatable bonds is 0. The van der Waals surface area contributed by atoms with Crippen LogP contribution >= 0.6 is 0 Å². The Morgan fingerprint density at radius 1 is 0.957 bits per heavy atom. The first-order chi connectivity index (χ1) is 11.1. The highest BCUT2D eigenvalue weighted by molar-refractivity contribution is 6.17. The minimum absolute atomic E-state index is 0.0299. The van der Waals surface area contributed by atoms with Crippen molar-refractivity contribution in [3.8, 4) is 6.07 Å². The molecule has 2 aromatic carbocycles. The third-order valence-electron chi connectivity index (χ3n) is 3.87. The minimum atomic E-state index is -0.322. The van der Waals surface area contributed by atoms with Gasteiger partial charge in [0, 0.05) is 0 Å². The third kappa shape index (κ3) is 1.67. The van der Waals surface area contributed by atoms with Gasteiger partial charge in [-0.15, -0.1) is 0 Å². The lowest BCUT2D eigenvalue weighted by Crippen LogP contribution is -2.13. The van der Waals surface area contributed by atoms with Crippen LogP contribution in [-0.2, 0) is 0 Å². The molecule has 0 saturated heterocycles. The topological polar surface area (TPSA) is 124 Å². The van der Waals surface area contributed by atoms with E-state index < -0.39 is 0 Å². The second-order valence-corrected chi connectivity index (χ2v) is 5.13. The van der Waals surface area contributed by atoms with Crippen molar-refractivity contribution in [1.82, 2.24) is 0 Å². The summed E-state index contributed by atoms with van der Waals surface area (Å²) in [6, 6.07) is 13.1. The lowest BCUT2D eigenvalue weighted by Gasteiger charge is -2.08. The average molecular weight is 302 g/mol. The van der Waals surface area contributed by atoms with E-state index in [4.69, 9.17) is 30.6 Å². The van der Waals surface area contributed by atoms with Crippen LogP contribution in [0.1, 0.15) is 5.56 Å². The van der Waals surface area contributed by atoms with Crippen LogP contribution < -0.4 is 16.8 Å². The van der Waals surface area contributed by atoms with Gasteiger partial charge in [0.05, 0.1) is 11.1 Å². The smallest absolute Gasteiger partial charge is 0.232 e. The molecule has 6 nitrogen and oxygen atoms in total. The Morgan fingerprint density at radius 2 is 1.74 bits per heavy atom. The quantitative estimate of drug-likeness (QED) is 0.432. The number of fused-ring (bicyclic) bond motifs is 5. The molecular weight excluding hydrogens is 292 g/mol. The first-order valence-corrected chi connectivity index (χ1v) is 6.82. The van der Waals surface area contributed by atoms with Crippen LogP contribution in [0.15, 0.2) is 45.2 Å². The Kier molecular flexibility index (Phi) is 2.53. The number of nitrogens with two attached hydrogens (primary N) is 1. The first-order valence-electron chi connectivity index (χ1n) is 6.82. The van der Waals surface area contributed by atoms with Gasteiger partial charge in [-0.25, -0.2) is 0 Å². The SMILES string of the molecule is N#Cc1c(N)c2c(=N)oc3ccc4ccccc4c3c2oc1=N. The Labute approximate surface area is 129 Å². The molecule has 4 aromatic rings. The average Bonchev–Trinajstić information content (AvgIpc) is 2.54. The van der Waals surface area contributed by atoms with E-state index in [9.17, 15) is 0 Å². The molecule has 23 heavy (non-hydrogen) atoms. The van der Waals surface area contributed by atoms with Crippen LogP contribution in [0.25, 0.3) is 32.7 Å². The maximum absolute atomic E-state index is 9.13. The third-order valence-corrected chi connectivity index (χ3v) is 3.87. The number of benzene rings is 2. The van der Waals surface area contributed by atoms with E-state index in [1.165, 1.54) is 0 Å². The number of hydrogen-bond donors (Lipinski definition) is 3. The van der Waals surface area contributed by atoms with E-state index >= 15 is 0 Å². The Balaban J connectivity index is 2.43. The highest BCUT2D eigenvalue weighted by Crippen LogP contribution is 2.32. The minimum Gasteiger partial charge on any atom is -0.438 e. The van der Waals surface area contributed by atoms with Crippen LogP contribution in [0.4, 0.5) is 5.69 Å². The molecular formula is C17H10N4O2. The lowest BCUT2D eigenvalue weighted by atomic mass is 10.0. The fourth-order valence-corrected chi connectivity index (χ4v) is 2.82. The molecule has 0 aliphatic heterocycles. The van der Waals surface area contributed by atoms with E-state index in [2.05, 4.69) is 0 Å². The molecule has 4 N–H and O–H groups in total. The standard InChI is InChI=1S/C17H10N4O2/c18-7-10-14(19)13-15(23-16(10)20)12-9-4-2-1-3-8(9)5-6-11(12)22-17(13)21/h1-6,20-21H,19H2. The Hall–Kier alpha value is -3.59. The molecule has 0 atom stereocenters. The molecule has 4 rings (SSSR count). The van der Waals surface area contributed by atoms with Crippen molar-refractivity contribution in [3.05, 3.63) is 53.1 Å². The summed E-state index contributed by atoms with van der Waals surface area (Å²) in [6.07, 6.45) is 0. The number of nitrogen functional groups attached to an aromatic ring is 1. The van der Waals surface area contributed by atoms with Gasteiger partial charge in [0.1, 0.15) is 22.6 Å². The highest BCUT2D eigenvalue weighted by Gasteiger charge is 2.17. The maximum Gasteiger partial charge on any atom is 0.232 e. The van der Waals surface area contributed by atoms with E-state index in [1.54, 1.807) is 6.07 Å². The van der Waals surface area contributed by atoms with Crippen molar-refractivity contribution < 1.29 is 8.83 Å². The Bertz CT molecular complexity index is 1280. The van der Waals surface area contributed by atoms with Crippen molar-refractivity contribution in [1.29, 1.82) is 16.1 Å². The summed E-state index contributed by atoms with van der Waals surface area (Å²) >= 11 is 0. The van der Waals surface area contributed by atoms with Gasteiger partial charge >= 0.3 is 0 Å². The van der Waals surface area contributed by atoms with Gasteiger partial charge in [-0.05, 0) is 16.8 Å². The zero-order valence-electron chi connectivity index (χ0n) is 11.8. The predicted octanol–water partition coefficient (Wildman–Crippen LogP) is 2.75. The largest absolute Gasteiger partial charge is 0.438 e. The molecule has 0 aliphatic carbocycles. The Morgan fingerprint density at radius 3 is 2.52 bits per heavy atom. The molecule has 0 fully saturated rings. The number of anilines is 1. The van der Waals surface area contributed by atoms with E-state index in [-0.39, 0.29) is 33.3 Å². The first kappa shape index (κ1) is 13.1. The summed E-state index contributed by atoms with van der Waals surface area (Å²) in [7, 11) is 0. The molecule has 2 aromatic heterocycles. The molecule has 6 heteroatoms. The van der Waals surface area contributed by atoms with Gasteiger partial charge in [0.25, 0.3) is 0 Å². The van der Waals surface area contributed by atoms with Crippen molar-refractivity contribution >= 4 is 38.4 Å². The fourth-order valence-electron chi connectivity index (χ4n) is 2.82. The van der Waals surface area contributed by atoms with Gasteiger partial charge < -0.3 is 14.6 Å². The summed E-state index contributed by atoms with van der Waals surface area (Å²) < 4.78 is 11.1. The van der Waals surface area contributed by atoms with Gasteiger partial charge in [-0.2, -0.15) is 5.26 Å².